The zero-order valence-electron chi connectivity index (χ0n) is 48.4. The molecule has 0 heterocycles. The molecule has 0 aliphatic heterocycles. The lowest BCUT2D eigenvalue weighted by Crippen LogP contribution is -2.45. The van der Waals surface area contributed by atoms with Gasteiger partial charge in [0.05, 0.1) is 44.1 Å². The van der Waals surface area contributed by atoms with Gasteiger partial charge in [-0.15, -0.1) is 0 Å². The Hall–Kier alpha value is -5.08. The Morgan fingerprint density at radius 1 is 0.593 bits per heavy atom. The Labute approximate surface area is 482 Å². The van der Waals surface area contributed by atoms with Crippen LogP contribution in [0, 0.1) is 23.7 Å². The van der Waals surface area contributed by atoms with Gasteiger partial charge in [-0.25, -0.2) is 4.79 Å². The van der Waals surface area contributed by atoms with Crippen LogP contribution in [0.1, 0.15) is 168 Å². The predicted molar refractivity (Wildman–Crippen MR) is 304 cm³/mol. The van der Waals surface area contributed by atoms with Crippen LogP contribution in [0.5, 0.6) is 0 Å². The molecule has 466 valence electrons. The predicted octanol–water partition coefficient (Wildman–Crippen LogP) is 3.50. The number of ketones is 3. The van der Waals surface area contributed by atoms with Crippen molar-refractivity contribution in [3.05, 3.63) is 0 Å². The Morgan fingerprint density at radius 2 is 1.16 bits per heavy atom. The van der Waals surface area contributed by atoms with Crippen LogP contribution in [-0.2, 0) is 67.0 Å². The van der Waals surface area contributed by atoms with E-state index in [9.17, 15) is 57.8 Å². The second kappa shape index (κ2) is 49.5. The number of carboxylic acid groups (broad SMARTS) is 3. The molecule has 0 aromatic heterocycles. The molecule has 0 aromatic carbocycles. The molecule has 25 heteroatoms. The number of thioether (sulfide) groups is 1. The maximum atomic E-state index is 12.9. The van der Waals surface area contributed by atoms with Crippen LogP contribution in [0.4, 0.5) is 0 Å². The number of hydrogen-bond acceptors (Lipinski definition) is 17. The molecule has 1 fully saturated rings. The highest BCUT2D eigenvalue weighted by atomic mass is 32.2. The molecule has 1 aliphatic carbocycles. The summed E-state index contributed by atoms with van der Waals surface area (Å²) in [7, 11) is 0. The quantitative estimate of drug-likeness (QED) is 0.0390. The van der Waals surface area contributed by atoms with E-state index >= 15 is 0 Å². The minimum absolute atomic E-state index is 0.0254. The van der Waals surface area contributed by atoms with E-state index in [0.717, 1.165) is 70.6 Å². The van der Waals surface area contributed by atoms with Gasteiger partial charge in [0.15, 0.2) is 5.78 Å². The summed E-state index contributed by atoms with van der Waals surface area (Å²) < 4.78 is 16.2. The van der Waals surface area contributed by atoms with Crippen LogP contribution in [0.3, 0.4) is 0 Å². The molecule has 0 spiro atoms. The number of carboxylic acids is 3. The van der Waals surface area contributed by atoms with Crippen molar-refractivity contribution in [1.29, 1.82) is 0 Å². The van der Waals surface area contributed by atoms with E-state index in [0.29, 0.717) is 76.9 Å². The average molecular weight is 1180 g/mol. The number of unbranched alkanes of at least 4 members (excludes halogenated alkanes) is 9. The number of rotatable bonds is 50. The highest BCUT2D eigenvalue weighted by Crippen LogP contribution is 2.29. The lowest BCUT2D eigenvalue weighted by Gasteiger charge is -2.28. The zero-order valence-corrected chi connectivity index (χ0v) is 49.2. The van der Waals surface area contributed by atoms with Crippen LogP contribution in [0.25, 0.3) is 0 Å². The molecular formula is C56H98N6O18S. The van der Waals surface area contributed by atoms with Gasteiger partial charge in [0.1, 0.15) is 30.8 Å². The molecule has 11 N–H and O–H groups in total. The van der Waals surface area contributed by atoms with Gasteiger partial charge in [-0.3, -0.25) is 47.9 Å². The van der Waals surface area contributed by atoms with Crippen molar-refractivity contribution in [2.24, 2.45) is 29.4 Å². The summed E-state index contributed by atoms with van der Waals surface area (Å²) in [4.78, 5) is 130. The lowest BCUT2D eigenvalue weighted by molar-refractivity contribution is -0.145. The number of aliphatic hydroxyl groups excluding tert-OH is 1. The molecule has 0 radical (unpaired) electrons. The molecular weight excluding hydrogens is 1080 g/mol. The van der Waals surface area contributed by atoms with Crippen molar-refractivity contribution in [3.63, 3.8) is 0 Å². The van der Waals surface area contributed by atoms with E-state index in [1.807, 2.05) is 0 Å². The summed E-state index contributed by atoms with van der Waals surface area (Å²) in [6, 6.07) is -1.47. The normalized spacial score (nSPS) is 15.3. The van der Waals surface area contributed by atoms with E-state index in [4.69, 9.17) is 35.3 Å². The molecule has 81 heavy (non-hydrogen) atoms. The molecule has 1 aliphatic rings. The van der Waals surface area contributed by atoms with E-state index < -0.39 is 42.4 Å². The van der Waals surface area contributed by atoms with E-state index in [1.165, 1.54) is 18.7 Å². The number of carbonyl (C=O) groups excluding carboxylic acids is 8. The minimum atomic E-state index is -1.22. The first-order valence-electron chi connectivity index (χ1n) is 29.0. The van der Waals surface area contributed by atoms with Crippen molar-refractivity contribution in [3.8, 4) is 0 Å². The summed E-state index contributed by atoms with van der Waals surface area (Å²) in [6.45, 7) is 6.61. The summed E-state index contributed by atoms with van der Waals surface area (Å²) in [5, 5.41) is 50.4. The monoisotopic (exact) mass is 1170 g/mol. The highest BCUT2D eigenvalue weighted by molar-refractivity contribution is 7.99. The SMILES string of the molecule is CC(=O)[C@H](C)N.CC[C@@H](CSCC(=O)NCCCC(=O)COCCOCCNC(=O)COCCCCCNC(=O)CC[C@H](NC(=O)C1CCC(CNC(=O)CCCCCCCCCCC(=O)O)CC1)C(=O)O)C(=O)C[C@@H](CO)C(=O)O. The fourth-order valence-electron chi connectivity index (χ4n) is 8.14. The Kier molecular flexibility index (Phi) is 46.4. The van der Waals surface area contributed by atoms with Crippen molar-refractivity contribution in [2.75, 3.05) is 83.9 Å². The Morgan fingerprint density at radius 3 is 1.77 bits per heavy atom. The van der Waals surface area contributed by atoms with Crippen molar-refractivity contribution in [1.82, 2.24) is 26.6 Å². The van der Waals surface area contributed by atoms with Gasteiger partial charge in [0.25, 0.3) is 0 Å². The van der Waals surface area contributed by atoms with Crippen molar-refractivity contribution < 1.29 is 87.4 Å². The van der Waals surface area contributed by atoms with E-state index in [-0.39, 0.29) is 142 Å². The third-order valence-corrected chi connectivity index (χ3v) is 14.6. The first-order chi connectivity index (χ1) is 38.7. The van der Waals surface area contributed by atoms with Crippen molar-refractivity contribution in [2.45, 2.75) is 181 Å². The first-order valence-corrected chi connectivity index (χ1v) is 30.1. The Bertz CT molecular complexity index is 1850. The van der Waals surface area contributed by atoms with Gasteiger partial charge in [-0.2, -0.15) is 11.8 Å². The number of aliphatic hydroxyl groups is 1. The number of aliphatic carboxylic acids is 3. The second-order valence-electron chi connectivity index (χ2n) is 20.6. The smallest absolute Gasteiger partial charge is 0.326 e. The maximum absolute atomic E-state index is 12.9. The summed E-state index contributed by atoms with van der Waals surface area (Å²) in [6.07, 6.45) is 14.0. The molecule has 5 amide bonds. The van der Waals surface area contributed by atoms with Crippen LogP contribution in [0.2, 0.25) is 0 Å². The van der Waals surface area contributed by atoms with Crippen LogP contribution < -0.4 is 32.3 Å². The van der Waals surface area contributed by atoms with Gasteiger partial charge in [0, 0.05) is 82.5 Å². The first kappa shape index (κ1) is 75.9. The van der Waals surface area contributed by atoms with Crippen LogP contribution >= 0.6 is 11.8 Å². The molecule has 1 rings (SSSR count). The number of carbonyl (C=O) groups is 11. The summed E-state index contributed by atoms with van der Waals surface area (Å²) >= 11 is 1.26. The third kappa shape index (κ3) is 44.2. The number of nitrogens with one attached hydrogen (secondary N) is 5. The average Bonchev–Trinajstić information content (AvgIpc) is 3.43. The molecule has 0 unspecified atom stereocenters. The van der Waals surface area contributed by atoms with Gasteiger partial charge in [-0.05, 0) is 96.8 Å². The zero-order chi connectivity index (χ0) is 60.6. The van der Waals surface area contributed by atoms with Gasteiger partial charge >= 0.3 is 17.9 Å². The summed E-state index contributed by atoms with van der Waals surface area (Å²) in [5.74, 6) is -5.81. The Balaban J connectivity index is 0.0000101. The second-order valence-corrected chi connectivity index (χ2v) is 21.6. The number of hydrogen-bond donors (Lipinski definition) is 10. The van der Waals surface area contributed by atoms with E-state index in [2.05, 4.69) is 26.6 Å². The molecule has 0 bridgehead atoms. The molecule has 0 aromatic rings. The number of Topliss-reactive ketones (excluding diaryl/α,β-unsaturated/α-hetero) is 3. The topological polar surface area (TPSA) is 383 Å². The van der Waals surface area contributed by atoms with Gasteiger partial charge in [0.2, 0.25) is 29.5 Å². The van der Waals surface area contributed by atoms with Crippen LogP contribution in [0.15, 0.2) is 0 Å². The van der Waals surface area contributed by atoms with Gasteiger partial charge in [-0.1, -0.05) is 45.4 Å². The fraction of sp³-hybridized carbons (Fsp3) is 0.804. The molecule has 4 atom stereocenters. The van der Waals surface area contributed by atoms with Crippen molar-refractivity contribution >= 4 is 76.6 Å². The maximum Gasteiger partial charge on any atom is 0.326 e. The molecule has 0 saturated heterocycles. The van der Waals surface area contributed by atoms with Crippen LogP contribution in [-0.4, -0.2) is 181 Å². The molecule has 1 saturated carbocycles. The highest BCUT2D eigenvalue weighted by Gasteiger charge is 2.30. The largest absolute Gasteiger partial charge is 0.481 e. The van der Waals surface area contributed by atoms with Gasteiger partial charge < -0.3 is 67.0 Å². The van der Waals surface area contributed by atoms with E-state index in [1.54, 1.807) is 13.8 Å². The number of ether oxygens (including phenoxy) is 3. The standard InChI is InChI=1S/C52H89N5O17S.C4H9NO/c1-2-39(44(60)31-41(33-58)51(68)69)36-75-37-48(64)54-25-14-15-42(59)34-74-30-29-72-28-26-55-47(63)35-73-27-13-9-12-24-53-46(62)23-22-43(52(70)71)57-50(67)40-20-18-38(19-21-40)32-56-45(61)16-10-7-5-3-4-6-8-11-17-49(65)66;1-3(5)4(2)6/h38-41,43,58H,2-37H2,1H3,(H,53,62)(H,54,64)(H,55,63)(H,56,61)(H,57,67)(H,65,66)(H,68,69)(H,70,71);3H,5H2,1-2H3/t38?,39-,40?,41-,43-;3-/m00/s1. The minimum Gasteiger partial charge on any atom is -0.481 e. The third-order valence-electron chi connectivity index (χ3n) is 13.5. The summed E-state index contributed by atoms with van der Waals surface area (Å²) in [5.41, 5.74) is 5.09. The number of nitrogens with two attached hydrogens (primary N) is 1. The lowest BCUT2D eigenvalue weighted by atomic mass is 9.81. The molecule has 24 nitrogen and oxygen atoms in total. The number of amides is 5. The fourth-order valence-corrected chi connectivity index (χ4v) is 9.25.